The lowest BCUT2D eigenvalue weighted by molar-refractivity contribution is 0.297. The van der Waals surface area contributed by atoms with Crippen molar-refractivity contribution < 1.29 is 4.39 Å². The molecule has 4 nitrogen and oxygen atoms in total. The van der Waals surface area contributed by atoms with Crippen LogP contribution >= 0.6 is 0 Å². The van der Waals surface area contributed by atoms with Crippen molar-refractivity contribution in [2.75, 3.05) is 32.7 Å². The molecule has 0 spiro atoms. The predicted molar refractivity (Wildman–Crippen MR) is 96.2 cm³/mol. The lowest BCUT2D eigenvalue weighted by Gasteiger charge is -2.18. The van der Waals surface area contributed by atoms with Crippen molar-refractivity contribution in [1.29, 1.82) is 0 Å². The van der Waals surface area contributed by atoms with E-state index in [1.54, 1.807) is 12.1 Å². The Kier molecular flexibility index (Phi) is 10.0. The van der Waals surface area contributed by atoms with Crippen molar-refractivity contribution >= 4 is 5.96 Å². The Balaban J connectivity index is 2.37. The number of unbranched alkanes of at least 4 members (excludes halogenated alkanes) is 1. The lowest BCUT2D eigenvalue weighted by Crippen LogP contribution is -2.38. The summed E-state index contributed by atoms with van der Waals surface area (Å²) < 4.78 is 13.6. The van der Waals surface area contributed by atoms with E-state index in [2.05, 4.69) is 34.4 Å². The first kappa shape index (κ1) is 19.4. The Morgan fingerprint density at radius 1 is 1.09 bits per heavy atom. The molecule has 0 aliphatic carbocycles. The minimum Gasteiger partial charge on any atom is -0.357 e. The van der Waals surface area contributed by atoms with Crippen molar-refractivity contribution in [2.45, 2.75) is 40.2 Å². The second-order valence-corrected chi connectivity index (χ2v) is 5.45. The number of aliphatic imine (C=N–C) groups is 1. The summed E-state index contributed by atoms with van der Waals surface area (Å²) in [6.07, 6.45) is 2.27. The van der Waals surface area contributed by atoms with E-state index in [1.807, 2.05) is 13.0 Å². The van der Waals surface area contributed by atoms with Gasteiger partial charge in [-0.15, -0.1) is 0 Å². The van der Waals surface area contributed by atoms with Crippen LogP contribution in [0.25, 0.3) is 0 Å². The molecule has 0 bridgehead atoms. The highest BCUT2D eigenvalue weighted by Gasteiger charge is 2.02. The molecule has 0 saturated heterocycles. The number of guanidine groups is 1. The van der Waals surface area contributed by atoms with Gasteiger partial charge in [0.2, 0.25) is 0 Å². The molecule has 0 aliphatic rings. The molecule has 0 heterocycles. The topological polar surface area (TPSA) is 39.7 Å². The second kappa shape index (κ2) is 11.9. The fraction of sp³-hybridized carbons (Fsp3) is 0.611. The maximum absolute atomic E-state index is 13.6. The van der Waals surface area contributed by atoms with Gasteiger partial charge in [0.05, 0.1) is 6.54 Å². The molecule has 0 saturated carbocycles. The summed E-state index contributed by atoms with van der Waals surface area (Å²) in [5.41, 5.74) is 0.617. The Labute approximate surface area is 140 Å². The van der Waals surface area contributed by atoms with Gasteiger partial charge in [-0.1, -0.05) is 32.0 Å². The first-order chi connectivity index (χ1) is 11.2. The molecule has 1 aromatic rings. The molecule has 1 rings (SSSR count). The van der Waals surface area contributed by atoms with Crippen LogP contribution in [0.3, 0.4) is 0 Å². The quantitative estimate of drug-likeness (QED) is 0.395. The molecule has 5 heteroatoms. The lowest BCUT2D eigenvalue weighted by atomic mass is 10.2. The van der Waals surface area contributed by atoms with Crippen LogP contribution in [-0.2, 0) is 6.54 Å². The van der Waals surface area contributed by atoms with Gasteiger partial charge >= 0.3 is 0 Å². The third kappa shape index (κ3) is 7.98. The Morgan fingerprint density at radius 3 is 2.48 bits per heavy atom. The van der Waals surface area contributed by atoms with Gasteiger partial charge in [0, 0.05) is 18.7 Å². The largest absolute Gasteiger partial charge is 0.357 e. The van der Waals surface area contributed by atoms with Gasteiger partial charge in [-0.25, -0.2) is 9.38 Å². The molecule has 0 amide bonds. The smallest absolute Gasteiger partial charge is 0.191 e. The maximum Gasteiger partial charge on any atom is 0.191 e. The van der Waals surface area contributed by atoms with Crippen LogP contribution in [0.15, 0.2) is 29.3 Å². The summed E-state index contributed by atoms with van der Waals surface area (Å²) in [6, 6.07) is 6.77. The fourth-order valence-corrected chi connectivity index (χ4v) is 2.34. The molecule has 0 fully saturated rings. The molecule has 0 atom stereocenters. The Bertz CT molecular complexity index is 458. The molecular formula is C18H31FN4. The zero-order chi connectivity index (χ0) is 16.9. The molecule has 1 aromatic carbocycles. The molecule has 0 aromatic heterocycles. The minimum absolute atomic E-state index is 0.202. The van der Waals surface area contributed by atoms with Gasteiger partial charge in [-0.2, -0.15) is 0 Å². The second-order valence-electron chi connectivity index (χ2n) is 5.45. The maximum atomic E-state index is 13.6. The monoisotopic (exact) mass is 322 g/mol. The number of halogens is 1. The first-order valence-electron chi connectivity index (χ1n) is 8.69. The third-order valence-electron chi connectivity index (χ3n) is 3.80. The van der Waals surface area contributed by atoms with Crippen LogP contribution in [0.5, 0.6) is 0 Å². The summed E-state index contributed by atoms with van der Waals surface area (Å²) in [6.45, 7) is 11.8. The number of nitrogens with one attached hydrogen (secondary N) is 2. The highest BCUT2D eigenvalue weighted by Crippen LogP contribution is 2.07. The standard InChI is InChI=1S/C18H31FN4/c1-4-20-18(21-13-9-10-14-23(5-2)6-3)22-15-16-11-7-8-12-17(16)19/h7-8,11-12H,4-6,9-10,13-15H2,1-3H3,(H2,20,21,22). The average molecular weight is 322 g/mol. The Morgan fingerprint density at radius 2 is 1.83 bits per heavy atom. The van der Waals surface area contributed by atoms with Crippen molar-refractivity contribution in [1.82, 2.24) is 15.5 Å². The number of rotatable bonds is 10. The third-order valence-corrected chi connectivity index (χ3v) is 3.80. The number of hydrogen-bond acceptors (Lipinski definition) is 2. The Hall–Kier alpha value is -1.62. The van der Waals surface area contributed by atoms with E-state index in [0.29, 0.717) is 12.1 Å². The summed E-state index contributed by atoms with van der Waals surface area (Å²) in [4.78, 5) is 6.88. The molecule has 0 radical (unpaired) electrons. The molecule has 23 heavy (non-hydrogen) atoms. The van der Waals surface area contributed by atoms with E-state index >= 15 is 0 Å². The van der Waals surface area contributed by atoms with Crippen molar-refractivity contribution in [3.63, 3.8) is 0 Å². The number of nitrogens with zero attached hydrogens (tertiary/aromatic N) is 2. The van der Waals surface area contributed by atoms with Crippen LogP contribution in [0.2, 0.25) is 0 Å². The summed E-state index contributed by atoms with van der Waals surface area (Å²) in [5, 5.41) is 6.52. The van der Waals surface area contributed by atoms with E-state index in [1.165, 1.54) is 12.5 Å². The first-order valence-corrected chi connectivity index (χ1v) is 8.69. The van der Waals surface area contributed by atoms with Crippen LogP contribution in [0.1, 0.15) is 39.2 Å². The fourth-order valence-electron chi connectivity index (χ4n) is 2.34. The molecule has 0 aliphatic heterocycles. The normalized spacial score (nSPS) is 11.8. The van der Waals surface area contributed by atoms with E-state index in [4.69, 9.17) is 0 Å². The van der Waals surface area contributed by atoms with Gasteiger partial charge < -0.3 is 15.5 Å². The molecule has 130 valence electrons. The van der Waals surface area contributed by atoms with Gasteiger partial charge in [0.15, 0.2) is 5.96 Å². The average Bonchev–Trinajstić information content (AvgIpc) is 2.57. The minimum atomic E-state index is -0.202. The van der Waals surface area contributed by atoms with E-state index in [-0.39, 0.29) is 5.82 Å². The summed E-state index contributed by atoms with van der Waals surface area (Å²) in [5.74, 6) is 0.546. The molecular weight excluding hydrogens is 291 g/mol. The van der Waals surface area contributed by atoms with Crippen molar-refractivity contribution in [3.8, 4) is 0 Å². The van der Waals surface area contributed by atoms with Gasteiger partial charge in [0.25, 0.3) is 0 Å². The SMILES string of the molecule is CCNC(=NCc1ccccc1F)NCCCCN(CC)CC. The van der Waals surface area contributed by atoms with Gasteiger partial charge in [0.1, 0.15) is 5.82 Å². The summed E-state index contributed by atoms with van der Waals surface area (Å²) in [7, 11) is 0. The van der Waals surface area contributed by atoms with Crippen molar-refractivity contribution in [2.24, 2.45) is 4.99 Å². The zero-order valence-corrected chi connectivity index (χ0v) is 14.7. The molecule has 2 N–H and O–H groups in total. The highest BCUT2D eigenvalue weighted by molar-refractivity contribution is 5.79. The van der Waals surface area contributed by atoms with Crippen LogP contribution in [0, 0.1) is 5.82 Å². The zero-order valence-electron chi connectivity index (χ0n) is 14.7. The van der Waals surface area contributed by atoms with Crippen LogP contribution < -0.4 is 10.6 Å². The van der Waals surface area contributed by atoms with Crippen LogP contribution in [0.4, 0.5) is 4.39 Å². The van der Waals surface area contributed by atoms with Gasteiger partial charge in [-0.05, 0) is 45.5 Å². The van der Waals surface area contributed by atoms with E-state index in [0.717, 1.165) is 45.1 Å². The number of benzene rings is 1. The van der Waals surface area contributed by atoms with Crippen molar-refractivity contribution in [3.05, 3.63) is 35.6 Å². The summed E-state index contributed by atoms with van der Waals surface area (Å²) >= 11 is 0. The van der Waals surface area contributed by atoms with E-state index < -0.39 is 0 Å². The highest BCUT2D eigenvalue weighted by atomic mass is 19.1. The van der Waals surface area contributed by atoms with E-state index in [9.17, 15) is 4.39 Å². The predicted octanol–water partition coefficient (Wildman–Crippen LogP) is 3.00. The van der Waals surface area contributed by atoms with Gasteiger partial charge in [-0.3, -0.25) is 0 Å². The molecule has 0 unspecified atom stereocenters. The van der Waals surface area contributed by atoms with Crippen LogP contribution in [-0.4, -0.2) is 43.6 Å². The number of hydrogen-bond donors (Lipinski definition) is 2.